The number of alkyl halides is 3. The molecule has 0 aliphatic carbocycles. The first-order chi connectivity index (χ1) is 13.8. The highest BCUT2D eigenvalue weighted by Gasteiger charge is 2.39. The van der Waals surface area contributed by atoms with E-state index in [1.54, 1.807) is 20.8 Å². The zero-order valence-electron chi connectivity index (χ0n) is 17.2. The van der Waals surface area contributed by atoms with Gasteiger partial charge in [0, 0.05) is 32.6 Å². The fraction of sp³-hybridized carbons (Fsp3) is 0.600. The summed E-state index contributed by atoms with van der Waals surface area (Å²) < 4.78 is 68.1. The van der Waals surface area contributed by atoms with E-state index in [9.17, 15) is 27.2 Å². The molecule has 2 atom stereocenters. The largest absolute Gasteiger partial charge is 0.490 e. The summed E-state index contributed by atoms with van der Waals surface area (Å²) in [6.45, 7) is 4.90. The average Bonchev–Trinajstić information content (AvgIpc) is 2.59. The Balaban J connectivity index is 2.19. The molecule has 1 amide bonds. The van der Waals surface area contributed by atoms with Gasteiger partial charge in [0.2, 0.25) is 0 Å². The summed E-state index contributed by atoms with van der Waals surface area (Å²) >= 11 is 0. The molecule has 1 aliphatic heterocycles. The molecule has 0 radical (unpaired) electrons. The van der Waals surface area contributed by atoms with Crippen LogP contribution in [0.2, 0.25) is 0 Å². The summed E-state index contributed by atoms with van der Waals surface area (Å²) in [5.41, 5.74) is -1.94. The van der Waals surface area contributed by atoms with E-state index in [0.717, 1.165) is 6.07 Å². The highest BCUT2D eigenvalue weighted by molar-refractivity contribution is 5.88. The third kappa shape index (κ3) is 6.58. The number of hydrogen-bond acceptors (Lipinski definition) is 5. The number of piperidine rings is 1. The predicted molar refractivity (Wildman–Crippen MR) is 98.7 cm³/mol. The molecule has 0 N–H and O–H groups in total. The lowest BCUT2D eigenvalue weighted by Crippen LogP contribution is -2.54. The molecule has 10 heteroatoms. The number of halogens is 4. The number of carbonyl (C=O) groups is 2. The normalized spacial score (nSPS) is 20.1. The molecule has 2 unspecified atom stereocenters. The van der Waals surface area contributed by atoms with Crippen LogP contribution in [0.3, 0.4) is 0 Å². The van der Waals surface area contributed by atoms with Crippen LogP contribution in [0.25, 0.3) is 0 Å². The third-order valence-corrected chi connectivity index (χ3v) is 4.34. The number of nitrogens with zero attached hydrogens (tertiary/aromatic N) is 1. The summed E-state index contributed by atoms with van der Waals surface area (Å²) in [7, 11) is 1.33. The molecule has 0 spiro atoms. The molecular weight excluding hydrogens is 410 g/mol. The fourth-order valence-corrected chi connectivity index (χ4v) is 3.11. The Morgan fingerprint density at radius 1 is 1.17 bits per heavy atom. The summed E-state index contributed by atoms with van der Waals surface area (Å²) in [5.74, 6) is -1.78. The van der Waals surface area contributed by atoms with E-state index >= 15 is 0 Å². The van der Waals surface area contributed by atoms with Crippen LogP contribution in [0.1, 0.15) is 39.2 Å². The highest BCUT2D eigenvalue weighted by atomic mass is 19.4. The van der Waals surface area contributed by atoms with Crippen molar-refractivity contribution in [2.45, 2.75) is 57.5 Å². The molecule has 168 valence electrons. The van der Waals surface area contributed by atoms with Gasteiger partial charge in [-0.3, -0.25) is 9.69 Å². The Bertz CT molecular complexity index is 775. The Hall–Kier alpha value is -2.36. The molecule has 0 aromatic heterocycles. The van der Waals surface area contributed by atoms with Crippen LogP contribution in [0.5, 0.6) is 5.75 Å². The van der Waals surface area contributed by atoms with Crippen molar-refractivity contribution in [2.24, 2.45) is 0 Å². The maximum absolute atomic E-state index is 13.6. The van der Waals surface area contributed by atoms with Crippen LogP contribution in [0.15, 0.2) is 18.2 Å². The van der Waals surface area contributed by atoms with E-state index in [-0.39, 0.29) is 31.7 Å². The van der Waals surface area contributed by atoms with Gasteiger partial charge in [0.05, 0.1) is 11.6 Å². The maximum Gasteiger partial charge on any atom is 0.416 e. The number of hydrogen-bond donors (Lipinski definition) is 0. The molecule has 1 aliphatic rings. The second-order valence-corrected chi connectivity index (χ2v) is 8.03. The Kier molecular flexibility index (Phi) is 7.33. The van der Waals surface area contributed by atoms with Gasteiger partial charge in [-0.1, -0.05) is 0 Å². The Morgan fingerprint density at radius 3 is 2.40 bits per heavy atom. The number of Topliss-reactive ketones (excluding diaryl/α,β-unsaturated/α-hetero) is 1. The van der Waals surface area contributed by atoms with Crippen LogP contribution < -0.4 is 4.74 Å². The van der Waals surface area contributed by atoms with E-state index in [1.165, 1.54) is 12.0 Å². The SMILES string of the molecule is COCC(=O)C1CC(Oc2cc(F)cc(C(F)(F)F)c2)CCN1C(=O)OC(C)(C)C. The van der Waals surface area contributed by atoms with Gasteiger partial charge in [0.25, 0.3) is 0 Å². The van der Waals surface area contributed by atoms with Crippen LogP contribution in [0, 0.1) is 5.82 Å². The van der Waals surface area contributed by atoms with Crippen LogP contribution >= 0.6 is 0 Å². The molecule has 6 nitrogen and oxygen atoms in total. The van der Waals surface area contributed by atoms with Gasteiger partial charge < -0.3 is 14.2 Å². The topological polar surface area (TPSA) is 65.1 Å². The minimum atomic E-state index is -4.72. The van der Waals surface area contributed by atoms with Crippen LogP contribution in [-0.2, 0) is 20.4 Å². The van der Waals surface area contributed by atoms with Crippen molar-refractivity contribution in [2.75, 3.05) is 20.3 Å². The highest BCUT2D eigenvalue weighted by Crippen LogP contribution is 2.33. The van der Waals surface area contributed by atoms with Gasteiger partial charge in [-0.15, -0.1) is 0 Å². The molecular formula is C20H25F4NO5. The van der Waals surface area contributed by atoms with Gasteiger partial charge in [-0.2, -0.15) is 13.2 Å². The van der Waals surface area contributed by atoms with Gasteiger partial charge in [-0.05, 0) is 32.9 Å². The molecule has 30 heavy (non-hydrogen) atoms. The van der Waals surface area contributed by atoms with Crippen molar-refractivity contribution in [3.05, 3.63) is 29.6 Å². The third-order valence-electron chi connectivity index (χ3n) is 4.34. The lowest BCUT2D eigenvalue weighted by molar-refractivity contribution is -0.138. The summed E-state index contributed by atoms with van der Waals surface area (Å²) in [6, 6.07) is 0.994. The molecule has 1 fully saturated rings. The van der Waals surface area contributed by atoms with E-state index in [0.29, 0.717) is 12.1 Å². The maximum atomic E-state index is 13.6. The summed E-state index contributed by atoms with van der Waals surface area (Å²) in [4.78, 5) is 26.2. The monoisotopic (exact) mass is 435 g/mol. The van der Waals surface area contributed by atoms with Gasteiger partial charge in [0.1, 0.15) is 29.9 Å². The molecule has 1 saturated heterocycles. The molecule has 1 heterocycles. The lowest BCUT2D eigenvalue weighted by Gasteiger charge is -2.39. The molecule has 2 rings (SSSR count). The first-order valence-corrected chi connectivity index (χ1v) is 9.36. The van der Waals surface area contributed by atoms with Gasteiger partial charge in [0.15, 0.2) is 5.78 Å². The summed E-state index contributed by atoms with van der Waals surface area (Å²) in [5, 5.41) is 0. The predicted octanol–water partition coefficient (Wildman–Crippen LogP) is 4.21. The molecule has 0 saturated carbocycles. The van der Waals surface area contributed by atoms with Crippen molar-refractivity contribution in [3.63, 3.8) is 0 Å². The average molecular weight is 435 g/mol. The first kappa shape index (κ1) is 23.9. The number of likely N-dealkylation sites (tertiary alicyclic amines) is 1. The number of benzene rings is 1. The quantitative estimate of drug-likeness (QED) is 0.649. The van der Waals surface area contributed by atoms with E-state index in [1.807, 2.05) is 0 Å². The Morgan fingerprint density at radius 2 is 1.83 bits per heavy atom. The van der Waals surface area contributed by atoms with Crippen molar-refractivity contribution in [1.29, 1.82) is 0 Å². The molecule has 1 aromatic rings. The number of methoxy groups -OCH3 is 1. The summed E-state index contributed by atoms with van der Waals surface area (Å²) in [6.07, 6.45) is -5.86. The van der Waals surface area contributed by atoms with Crippen molar-refractivity contribution < 1.29 is 41.4 Å². The fourth-order valence-electron chi connectivity index (χ4n) is 3.11. The van der Waals surface area contributed by atoms with Crippen LogP contribution in [-0.4, -0.2) is 54.8 Å². The van der Waals surface area contributed by atoms with Crippen molar-refractivity contribution in [3.8, 4) is 5.75 Å². The second kappa shape index (κ2) is 9.20. The number of amides is 1. The lowest BCUT2D eigenvalue weighted by atomic mass is 9.96. The van der Waals surface area contributed by atoms with Gasteiger partial charge in [-0.25, -0.2) is 9.18 Å². The minimum absolute atomic E-state index is 0.0132. The molecule has 0 bridgehead atoms. The number of ether oxygens (including phenoxy) is 3. The van der Waals surface area contributed by atoms with E-state index in [4.69, 9.17) is 14.2 Å². The molecule has 1 aromatic carbocycles. The smallest absolute Gasteiger partial charge is 0.416 e. The van der Waals surface area contributed by atoms with E-state index < -0.39 is 47.2 Å². The zero-order chi connectivity index (χ0) is 22.7. The Labute approximate surface area is 172 Å². The standard InChI is InChI=1S/C20H25F4NO5/c1-19(2,3)30-18(27)25-6-5-14(10-16(25)17(26)11-28-4)29-15-8-12(20(22,23)24)7-13(21)9-15/h7-9,14,16H,5-6,10-11H2,1-4H3. The van der Waals surface area contributed by atoms with E-state index in [2.05, 4.69) is 0 Å². The number of rotatable bonds is 5. The van der Waals surface area contributed by atoms with Crippen molar-refractivity contribution in [1.82, 2.24) is 4.90 Å². The van der Waals surface area contributed by atoms with Gasteiger partial charge >= 0.3 is 12.3 Å². The van der Waals surface area contributed by atoms with Crippen molar-refractivity contribution >= 4 is 11.9 Å². The second-order valence-electron chi connectivity index (χ2n) is 8.03. The first-order valence-electron chi connectivity index (χ1n) is 9.36. The van der Waals surface area contributed by atoms with Crippen LogP contribution in [0.4, 0.5) is 22.4 Å². The zero-order valence-corrected chi connectivity index (χ0v) is 17.2. The minimum Gasteiger partial charge on any atom is -0.490 e. The number of carbonyl (C=O) groups excluding carboxylic acids is 2. The number of ketones is 1.